The molecule has 1 atom stereocenters. The Kier molecular flexibility index (Phi) is 5.50. The molecule has 1 saturated heterocycles. The summed E-state index contributed by atoms with van der Waals surface area (Å²) in [6.45, 7) is 2.12. The van der Waals surface area contributed by atoms with E-state index in [1.807, 2.05) is 0 Å². The highest BCUT2D eigenvalue weighted by Crippen LogP contribution is 2.23. The number of amidine groups is 1. The van der Waals surface area contributed by atoms with E-state index in [-0.39, 0.29) is 16.9 Å². The van der Waals surface area contributed by atoms with Crippen LogP contribution < -0.4 is 5.32 Å². The first kappa shape index (κ1) is 17.2. The van der Waals surface area contributed by atoms with Crippen LogP contribution in [0, 0.1) is 0 Å². The molecule has 2 aromatic rings. The average Bonchev–Trinajstić information content (AvgIpc) is 2.97. The van der Waals surface area contributed by atoms with Crippen LogP contribution in [0.3, 0.4) is 0 Å². The number of nitrogens with zero attached hydrogens (tertiary/aromatic N) is 2. The van der Waals surface area contributed by atoms with Crippen LogP contribution in [0.1, 0.15) is 23.6 Å². The van der Waals surface area contributed by atoms with E-state index in [0.29, 0.717) is 17.2 Å². The molecular formula is C19H19N3O2S. The van der Waals surface area contributed by atoms with Crippen LogP contribution in [0.25, 0.3) is 0 Å². The number of amides is 1. The number of para-hydroxylation sites is 1. The number of benzene rings is 2. The van der Waals surface area contributed by atoms with Crippen LogP contribution in [0.15, 0.2) is 58.7 Å². The molecule has 6 heteroatoms. The van der Waals surface area contributed by atoms with E-state index in [1.54, 1.807) is 24.3 Å². The Bertz CT molecular complexity index is 816. The SMILES string of the molecule is CCc1ccc(C[C@H]2S/C(=N/N=C\c3ccccc3O)NC2=O)cc1. The molecule has 1 aliphatic rings. The maximum Gasteiger partial charge on any atom is 0.239 e. The van der Waals surface area contributed by atoms with E-state index in [1.165, 1.54) is 23.5 Å². The lowest BCUT2D eigenvalue weighted by atomic mass is 10.1. The van der Waals surface area contributed by atoms with Crippen LogP contribution in [-0.4, -0.2) is 27.6 Å². The molecule has 0 radical (unpaired) electrons. The van der Waals surface area contributed by atoms with Gasteiger partial charge in [0.15, 0.2) is 5.17 Å². The highest BCUT2D eigenvalue weighted by atomic mass is 32.2. The summed E-state index contributed by atoms with van der Waals surface area (Å²) in [5, 5.41) is 20.7. The zero-order valence-electron chi connectivity index (χ0n) is 13.8. The molecule has 1 aliphatic heterocycles. The molecule has 3 rings (SSSR count). The molecule has 1 heterocycles. The predicted molar refractivity (Wildman–Crippen MR) is 102 cm³/mol. The van der Waals surface area contributed by atoms with Crippen LogP contribution in [0.4, 0.5) is 0 Å². The number of aromatic hydroxyl groups is 1. The van der Waals surface area contributed by atoms with Gasteiger partial charge in [-0.15, -0.1) is 5.10 Å². The quantitative estimate of drug-likeness (QED) is 0.641. The number of carbonyl (C=O) groups is 1. The number of thioether (sulfide) groups is 1. The number of phenolic OH excluding ortho intramolecular Hbond substituents is 1. The topological polar surface area (TPSA) is 74.1 Å². The van der Waals surface area contributed by atoms with Gasteiger partial charge in [-0.2, -0.15) is 5.10 Å². The molecule has 5 nitrogen and oxygen atoms in total. The molecule has 25 heavy (non-hydrogen) atoms. The van der Waals surface area contributed by atoms with E-state index in [4.69, 9.17) is 0 Å². The lowest BCUT2D eigenvalue weighted by Gasteiger charge is -2.06. The molecule has 0 bridgehead atoms. The number of rotatable bonds is 5. The minimum Gasteiger partial charge on any atom is -0.507 e. The van der Waals surface area contributed by atoms with Crippen molar-refractivity contribution in [1.29, 1.82) is 0 Å². The molecule has 0 aliphatic carbocycles. The minimum atomic E-state index is -0.202. The van der Waals surface area contributed by atoms with E-state index < -0.39 is 0 Å². The Morgan fingerprint density at radius 2 is 1.88 bits per heavy atom. The number of aryl methyl sites for hydroxylation is 1. The fourth-order valence-corrected chi connectivity index (χ4v) is 3.42. The van der Waals surface area contributed by atoms with Crippen LogP contribution >= 0.6 is 11.8 Å². The third kappa shape index (κ3) is 4.48. The van der Waals surface area contributed by atoms with Crippen LogP contribution in [0.2, 0.25) is 0 Å². The summed E-state index contributed by atoms with van der Waals surface area (Å²) >= 11 is 1.38. The summed E-state index contributed by atoms with van der Waals surface area (Å²) in [7, 11) is 0. The van der Waals surface area contributed by atoms with E-state index in [9.17, 15) is 9.90 Å². The van der Waals surface area contributed by atoms with Gasteiger partial charge in [-0.3, -0.25) is 4.79 Å². The molecule has 2 aromatic carbocycles. The molecule has 128 valence electrons. The summed E-state index contributed by atoms with van der Waals surface area (Å²) in [5.74, 6) is 0.0871. The Hall–Kier alpha value is -2.60. The summed E-state index contributed by atoms with van der Waals surface area (Å²) in [6.07, 6.45) is 3.12. The highest BCUT2D eigenvalue weighted by Gasteiger charge is 2.30. The van der Waals surface area contributed by atoms with Crippen molar-refractivity contribution in [3.8, 4) is 5.75 Å². The van der Waals surface area contributed by atoms with Crippen LogP contribution in [-0.2, 0) is 17.6 Å². The largest absolute Gasteiger partial charge is 0.507 e. The van der Waals surface area contributed by atoms with Gasteiger partial charge >= 0.3 is 0 Å². The molecule has 0 spiro atoms. The second kappa shape index (κ2) is 7.98. The first-order chi connectivity index (χ1) is 12.2. The lowest BCUT2D eigenvalue weighted by molar-refractivity contribution is -0.118. The van der Waals surface area contributed by atoms with Crippen molar-refractivity contribution in [2.45, 2.75) is 25.0 Å². The normalized spacial score (nSPS) is 18.8. The third-order valence-electron chi connectivity index (χ3n) is 3.91. The number of hydrogen-bond acceptors (Lipinski definition) is 5. The monoisotopic (exact) mass is 353 g/mol. The van der Waals surface area contributed by atoms with Gasteiger partial charge in [0.25, 0.3) is 0 Å². The molecule has 1 amide bonds. The molecule has 0 unspecified atom stereocenters. The molecular weight excluding hydrogens is 334 g/mol. The van der Waals surface area contributed by atoms with Gasteiger partial charge in [0.05, 0.1) is 11.5 Å². The van der Waals surface area contributed by atoms with Gasteiger partial charge in [0.2, 0.25) is 5.91 Å². The smallest absolute Gasteiger partial charge is 0.239 e. The Balaban J connectivity index is 1.62. The van der Waals surface area contributed by atoms with E-state index in [0.717, 1.165) is 12.0 Å². The van der Waals surface area contributed by atoms with Crippen molar-refractivity contribution in [2.75, 3.05) is 0 Å². The van der Waals surface area contributed by atoms with E-state index >= 15 is 0 Å². The molecule has 1 fully saturated rings. The van der Waals surface area contributed by atoms with Crippen molar-refractivity contribution >= 4 is 29.1 Å². The average molecular weight is 353 g/mol. The van der Waals surface area contributed by atoms with Crippen molar-refractivity contribution in [3.05, 3.63) is 65.2 Å². The predicted octanol–water partition coefficient (Wildman–Crippen LogP) is 3.12. The van der Waals surface area contributed by atoms with Gasteiger partial charge in [-0.25, -0.2) is 0 Å². The Morgan fingerprint density at radius 1 is 1.16 bits per heavy atom. The maximum atomic E-state index is 12.1. The summed E-state index contributed by atoms with van der Waals surface area (Å²) in [5.41, 5.74) is 2.99. The minimum absolute atomic E-state index is 0.0546. The number of phenols is 1. The molecule has 2 N–H and O–H groups in total. The zero-order valence-corrected chi connectivity index (χ0v) is 14.7. The standard InChI is InChI=1S/C19H19N3O2S/c1-2-13-7-9-14(10-8-13)11-17-18(24)21-19(25-17)22-20-12-15-5-3-4-6-16(15)23/h3-10,12,17,23H,2,11H2,1H3,(H,21,22,24)/b20-12-/t17-/m1/s1. The third-order valence-corrected chi connectivity index (χ3v) is 4.98. The number of hydrogen-bond donors (Lipinski definition) is 2. The second-order valence-electron chi connectivity index (χ2n) is 5.68. The summed E-state index contributed by atoms with van der Waals surface area (Å²) in [6, 6.07) is 15.2. The van der Waals surface area contributed by atoms with Gasteiger partial charge in [0.1, 0.15) is 5.75 Å². The maximum absolute atomic E-state index is 12.1. The summed E-state index contributed by atoms with van der Waals surface area (Å²) in [4.78, 5) is 12.1. The first-order valence-electron chi connectivity index (χ1n) is 8.10. The summed E-state index contributed by atoms with van der Waals surface area (Å²) < 4.78 is 0. The second-order valence-corrected chi connectivity index (χ2v) is 6.87. The van der Waals surface area contributed by atoms with Gasteiger partial charge < -0.3 is 10.4 Å². The van der Waals surface area contributed by atoms with Crippen molar-refractivity contribution < 1.29 is 9.90 Å². The zero-order chi connectivity index (χ0) is 17.6. The van der Waals surface area contributed by atoms with Gasteiger partial charge in [-0.05, 0) is 36.1 Å². The van der Waals surface area contributed by atoms with Gasteiger partial charge in [0, 0.05) is 5.56 Å². The van der Waals surface area contributed by atoms with Crippen molar-refractivity contribution in [1.82, 2.24) is 5.32 Å². The lowest BCUT2D eigenvalue weighted by Crippen LogP contribution is -2.25. The molecule has 0 saturated carbocycles. The highest BCUT2D eigenvalue weighted by molar-refractivity contribution is 8.15. The number of carbonyl (C=O) groups excluding carboxylic acids is 1. The fraction of sp³-hybridized carbons (Fsp3) is 0.211. The Morgan fingerprint density at radius 3 is 2.60 bits per heavy atom. The van der Waals surface area contributed by atoms with Crippen LogP contribution in [0.5, 0.6) is 5.75 Å². The van der Waals surface area contributed by atoms with Crippen molar-refractivity contribution in [3.63, 3.8) is 0 Å². The fourth-order valence-electron chi connectivity index (χ4n) is 2.45. The van der Waals surface area contributed by atoms with Gasteiger partial charge in [-0.1, -0.05) is 55.1 Å². The molecule has 0 aromatic heterocycles. The Labute approximate surface area is 150 Å². The van der Waals surface area contributed by atoms with Crippen molar-refractivity contribution in [2.24, 2.45) is 10.2 Å². The first-order valence-corrected chi connectivity index (χ1v) is 8.98. The van der Waals surface area contributed by atoms with E-state index in [2.05, 4.69) is 46.7 Å². The number of nitrogens with one attached hydrogen (secondary N) is 1.